The van der Waals surface area contributed by atoms with Crippen LogP contribution in [0.1, 0.15) is 24.1 Å². The molecule has 0 radical (unpaired) electrons. The predicted molar refractivity (Wildman–Crippen MR) is 95.1 cm³/mol. The van der Waals surface area contributed by atoms with E-state index in [0.29, 0.717) is 0 Å². The van der Waals surface area contributed by atoms with Crippen LogP contribution in [-0.2, 0) is 6.54 Å². The van der Waals surface area contributed by atoms with Crippen molar-refractivity contribution >= 4 is 43.5 Å². The summed E-state index contributed by atoms with van der Waals surface area (Å²) >= 11 is 13.0. The molecule has 1 unspecified atom stereocenters. The zero-order chi connectivity index (χ0) is 15.4. The van der Waals surface area contributed by atoms with Gasteiger partial charge in [0.1, 0.15) is 5.75 Å². The van der Waals surface area contributed by atoms with E-state index >= 15 is 0 Å². The van der Waals surface area contributed by atoms with Gasteiger partial charge < -0.3 is 10.1 Å². The zero-order valence-electron chi connectivity index (χ0n) is 11.8. The van der Waals surface area contributed by atoms with Crippen molar-refractivity contribution in [2.75, 3.05) is 7.11 Å². The van der Waals surface area contributed by atoms with Gasteiger partial charge in [-0.1, -0.05) is 23.7 Å². The Balaban J connectivity index is 2.02. The second-order valence-electron chi connectivity index (χ2n) is 4.75. The van der Waals surface area contributed by atoms with Crippen LogP contribution in [0, 0.1) is 0 Å². The summed E-state index contributed by atoms with van der Waals surface area (Å²) in [6.07, 6.45) is 0. The molecule has 0 aliphatic rings. The second-order valence-corrected chi connectivity index (χ2v) is 6.86. The Labute approximate surface area is 147 Å². The molecule has 0 spiro atoms. The van der Waals surface area contributed by atoms with Gasteiger partial charge in [-0.3, -0.25) is 0 Å². The molecule has 0 aromatic heterocycles. The lowest BCUT2D eigenvalue weighted by Crippen LogP contribution is -2.18. The number of hydrogen-bond acceptors (Lipinski definition) is 2. The van der Waals surface area contributed by atoms with E-state index in [4.69, 9.17) is 16.3 Å². The quantitative estimate of drug-likeness (QED) is 0.651. The Morgan fingerprint density at radius 2 is 1.90 bits per heavy atom. The molecule has 0 fully saturated rings. The van der Waals surface area contributed by atoms with Crippen molar-refractivity contribution in [2.45, 2.75) is 19.5 Å². The van der Waals surface area contributed by atoms with Gasteiger partial charge in [0.25, 0.3) is 0 Å². The molecule has 0 heterocycles. The van der Waals surface area contributed by atoms with Crippen molar-refractivity contribution in [3.05, 3.63) is 61.5 Å². The highest BCUT2D eigenvalue weighted by Crippen LogP contribution is 2.28. The maximum absolute atomic E-state index is 6.00. The topological polar surface area (TPSA) is 21.3 Å². The summed E-state index contributed by atoms with van der Waals surface area (Å²) in [7, 11) is 1.67. The van der Waals surface area contributed by atoms with Crippen LogP contribution < -0.4 is 10.1 Å². The Morgan fingerprint density at radius 3 is 2.52 bits per heavy atom. The number of hydrogen-bond donors (Lipinski definition) is 1. The first-order chi connectivity index (χ1) is 10.0. The first-order valence-electron chi connectivity index (χ1n) is 6.52. The molecular weight excluding hydrogens is 417 g/mol. The molecule has 21 heavy (non-hydrogen) atoms. The van der Waals surface area contributed by atoms with Crippen LogP contribution >= 0.6 is 43.5 Å². The van der Waals surface area contributed by atoms with E-state index in [1.165, 1.54) is 11.1 Å². The molecule has 112 valence electrons. The van der Waals surface area contributed by atoms with Crippen molar-refractivity contribution in [1.82, 2.24) is 5.32 Å². The summed E-state index contributed by atoms with van der Waals surface area (Å²) in [4.78, 5) is 0. The highest BCUT2D eigenvalue weighted by molar-refractivity contribution is 9.10. The molecule has 0 aliphatic carbocycles. The van der Waals surface area contributed by atoms with Gasteiger partial charge in [0.2, 0.25) is 0 Å². The van der Waals surface area contributed by atoms with E-state index in [-0.39, 0.29) is 6.04 Å². The SMILES string of the molecule is COc1ccc(C(C)NCc2ccc(Cl)c(Br)c2)cc1Br. The van der Waals surface area contributed by atoms with Crippen LogP contribution in [0.3, 0.4) is 0 Å². The lowest BCUT2D eigenvalue weighted by molar-refractivity contribution is 0.411. The Kier molecular flexibility index (Phi) is 6.11. The molecule has 2 aromatic rings. The smallest absolute Gasteiger partial charge is 0.133 e. The lowest BCUT2D eigenvalue weighted by atomic mass is 10.1. The fraction of sp³-hybridized carbons (Fsp3) is 0.250. The third-order valence-electron chi connectivity index (χ3n) is 3.27. The number of halogens is 3. The molecule has 2 aromatic carbocycles. The van der Waals surface area contributed by atoms with E-state index in [2.05, 4.69) is 56.2 Å². The number of ether oxygens (including phenoxy) is 1. The average molecular weight is 434 g/mol. The Bertz CT molecular complexity index is 634. The Hall–Kier alpha value is -0.550. The van der Waals surface area contributed by atoms with Crippen molar-refractivity contribution < 1.29 is 4.74 Å². The van der Waals surface area contributed by atoms with Crippen molar-refractivity contribution in [1.29, 1.82) is 0 Å². The molecule has 5 heteroatoms. The monoisotopic (exact) mass is 431 g/mol. The third kappa shape index (κ3) is 4.46. The summed E-state index contributed by atoms with van der Waals surface area (Å²) in [5, 5.41) is 4.23. The number of methoxy groups -OCH3 is 1. The minimum Gasteiger partial charge on any atom is -0.496 e. The molecule has 0 saturated heterocycles. The molecule has 0 bridgehead atoms. The van der Waals surface area contributed by atoms with Gasteiger partial charge in [-0.2, -0.15) is 0 Å². The van der Waals surface area contributed by atoms with Gasteiger partial charge in [-0.25, -0.2) is 0 Å². The molecule has 0 aliphatic heterocycles. The van der Waals surface area contributed by atoms with Crippen molar-refractivity contribution in [3.63, 3.8) is 0 Å². The largest absolute Gasteiger partial charge is 0.496 e. The van der Waals surface area contributed by atoms with E-state index in [1.807, 2.05) is 24.3 Å². The summed E-state index contributed by atoms with van der Waals surface area (Å²) < 4.78 is 7.13. The minimum atomic E-state index is 0.238. The number of nitrogens with one attached hydrogen (secondary N) is 1. The summed E-state index contributed by atoms with van der Waals surface area (Å²) in [5.74, 6) is 0.840. The number of rotatable bonds is 5. The summed E-state index contributed by atoms with van der Waals surface area (Å²) in [6.45, 7) is 2.92. The molecule has 1 N–H and O–H groups in total. The molecule has 1 atom stereocenters. The molecule has 0 amide bonds. The van der Waals surface area contributed by atoms with E-state index in [9.17, 15) is 0 Å². The second kappa shape index (κ2) is 7.63. The van der Waals surface area contributed by atoms with Crippen LogP contribution in [0.2, 0.25) is 5.02 Å². The van der Waals surface area contributed by atoms with Gasteiger partial charge in [-0.15, -0.1) is 0 Å². The van der Waals surface area contributed by atoms with Crippen molar-refractivity contribution in [2.24, 2.45) is 0 Å². The highest BCUT2D eigenvalue weighted by Gasteiger charge is 2.08. The molecule has 2 rings (SSSR count). The number of benzene rings is 2. The minimum absolute atomic E-state index is 0.238. The predicted octanol–water partition coefficient (Wildman–Crippen LogP) is 5.72. The maximum atomic E-state index is 6.00. The lowest BCUT2D eigenvalue weighted by Gasteiger charge is -2.16. The van der Waals surface area contributed by atoms with E-state index in [0.717, 1.165) is 26.3 Å². The van der Waals surface area contributed by atoms with E-state index < -0.39 is 0 Å². The van der Waals surface area contributed by atoms with Crippen molar-refractivity contribution in [3.8, 4) is 5.75 Å². The first kappa shape index (κ1) is 16.8. The van der Waals surface area contributed by atoms with Crippen LogP contribution in [-0.4, -0.2) is 7.11 Å². The standard InChI is InChI=1S/C16H16Br2ClNO/c1-10(12-4-6-16(21-2)14(18)8-12)20-9-11-3-5-15(19)13(17)7-11/h3-8,10,20H,9H2,1-2H3. The first-order valence-corrected chi connectivity index (χ1v) is 8.48. The van der Waals surface area contributed by atoms with Crippen LogP contribution in [0.5, 0.6) is 5.75 Å². The fourth-order valence-corrected chi connectivity index (χ4v) is 3.09. The van der Waals surface area contributed by atoms with Crippen LogP contribution in [0.15, 0.2) is 45.3 Å². The van der Waals surface area contributed by atoms with E-state index in [1.54, 1.807) is 7.11 Å². The zero-order valence-corrected chi connectivity index (χ0v) is 15.7. The summed E-state index contributed by atoms with van der Waals surface area (Å²) in [5.41, 5.74) is 2.39. The van der Waals surface area contributed by atoms with Gasteiger partial charge in [0.15, 0.2) is 0 Å². The molecular formula is C16H16Br2ClNO. The molecule has 2 nitrogen and oxygen atoms in total. The summed E-state index contributed by atoms with van der Waals surface area (Å²) in [6, 6.07) is 12.3. The van der Waals surface area contributed by atoms with Gasteiger partial charge in [-0.05, 0) is 74.2 Å². The van der Waals surface area contributed by atoms with Crippen LogP contribution in [0.4, 0.5) is 0 Å². The van der Waals surface area contributed by atoms with Crippen LogP contribution in [0.25, 0.3) is 0 Å². The third-order valence-corrected chi connectivity index (χ3v) is 5.11. The van der Waals surface area contributed by atoms with Gasteiger partial charge in [0, 0.05) is 17.1 Å². The normalized spacial score (nSPS) is 12.2. The maximum Gasteiger partial charge on any atom is 0.133 e. The fourth-order valence-electron chi connectivity index (χ4n) is 1.99. The average Bonchev–Trinajstić information content (AvgIpc) is 2.48. The van der Waals surface area contributed by atoms with Gasteiger partial charge >= 0.3 is 0 Å². The van der Waals surface area contributed by atoms with Gasteiger partial charge in [0.05, 0.1) is 16.6 Å². The Morgan fingerprint density at radius 1 is 1.14 bits per heavy atom. The molecule has 0 saturated carbocycles. The highest BCUT2D eigenvalue weighted by atomic mass is 79.9.